The van der Waals surface area contributed by atoms with Crippen molar-refractivity contribution in [3.63, 3.8) is 0 Å². The standard InChI is InChI=1S/C21H27N3O3/c1-2-27-19(25)13-24-10-8-15-11-17(6-7-18(15)24)23-20(26)21-9-4-3-5-16(21)12-22-14-21/h6-8,10-11,16,22H,2-5,9,12-14H2,1H3,(H,23,26)/t16-,21+/m0/s1. The zero-order chi connectivity index (χ0) is 18.9. The number of aromatic nitrogens is 1. The molecule has 1 aliphatic heterocycles. The molecule has 1 saturated heterocycles. The number of benzene rings is 1. The Balaban J connectivity index is 1.51. The van der Waals surface area contributed by atoms with E-state index in [-0.39, 0.29) is 23.8 Å². The van der Waals surface area contributed by atoms with Gasteiger partial charge < -0.3 is 19.9 Å². The molecule has 4 rings (SSSR count). The van der Waals surface area contributed by atoms with Crippen molar-refractivity contribution in [2.75, 3.05) is 25.0 Å². The summed E-state index contributed by atoms with van der Waals surface area (Å²) in [5.74, 6) is 0.340. The molecule has 0 unspecified atom stereocenters. The molecule has 2 fully saturated rings. The maximum absolute atomic E-state index is 13.1. The zero-order valence-electron chi connectivity index (χ0n) is 15.8. The van der Waals surface area contributed by atoms with E-state index < -0.39 is 0 Å². The van der Waals surface area contributed by atoms with Crippen LogP contribution in [-0.2, 0) is 20.9 Å². The molecule has 2 heterocycles. The maximum Gasteiger partial charge on any atom is 0.325 e. The molecular weight excluding hydrogens is 342 g/mol. The molecule has 1 aromatic carbocycles. The Morgan fingerprint density at radius 1 is 1.33 bits per heavy atom. The summed E-state index contributed by atoms with van der Waals surface area (Å²) in [4.78, 5) is 24.9. The molecule has 2 aromatic rings. The molecule has 6 heteroatoms. The number of anilines is 1. The van der Waals surface area contributed by atoms with E-state index in [9.17, 15) is 9.59 Å². The van der Waals surface area contributed by atoms with Crippen molar-refractivity contribution in [2.24, 2.45) is 11.3 Å². The molecule has 6 nitrogen and oxygen atoms in total. The Hall–Kier alpha value is -2.34. The molecule has 1 aliphatic carbocycles. The SMILES string of the molecule is CCOC(=O)Cn1ccc2cc(NC(=O)[C@@]34CCCC[C@H]3CNC4)ccc21. The van der Waals surface area contributed by atoms with Gasteiger partial charge in [0.1, 0.15) is 6.54 Å². The average Bonchev–Trinajstić information content (AvgIpc) is 3.27. The van der Waals surface area contributed by atoms with Crippen LogP contribution in [0.25, 0.3) is 10.9 Å². The van der Waals surface area contributed by atoms with Crippen molar-refractivity contribution in [2.45, 2.75) is 39.2 Å². The Bertz CT molecular complexity index is 859. The first-order valence-corrected chi connectivity index (χ1v) is 9.89. The summed E-state index contributed by atoms with van der Waals surface area (Å²) in [7, 11) is 0. The first kappa shape index (κ1) is 18.0. The lowest BCUT2D eigenvalue weighted by Crippen LogP contribution is -2.44. The highest BCUT2D eigenvalue weighted by atomic mass is 16.5. The summed E-state index contributed by atoms with van der Waals surface area (Å²) >= 11 is 0. The number of carbonyl (C=O) groups is 2. The molecule has 144 valence electrons. The molecule has 0 radical (unpaired) electrons. The lowest BCUT2D eigenvalue weighted by molar-refractivity contribution is -0.143. The minimum atomic E-state index is -0.261. The number of esters is 1. The van der Waals surface area contributed by atoms with Crippen LogP contribution in [0.4, 0.5) is 5.69 Å². The van der Waals surface area contributed by atoms with E-state index in [1.54, 1.807) is 6.92 Å². The number of carbonyl (C=O) groups excluding carboxylic acids is 2. The smallest absolute Gasteiger partial charge is 0.325 e. The quantitative estimate of drug-likeness (QED) is 0.795. The van der Waals surface area contributed by atoms with Crippen LogP contribution in [0, 0.1) is 11.3 Å². The van der Waals surface area contributed by atoms with Crippen LogP contribution in [0.1, 0.15) is 32.6 Å². The molecule has 1 aromatic heterocycles. The van der Waals surface area contributed by atoms with Crippen molar-refractivity contribution >= 4 is 28.5 Å². The fourth-order valence-electron chi connectivity index (χ4n) is 4.71. The van der Waals surface area contributed by atoms with Gasteiger partial charge >= 0.3 is 5.97 Å². The first-order valence-electron chi connectivity index (χ1n) is 9.89. The van der Waals surface area contributed by atoms with E-state index in [1.807, 2.05) is 35.0 Å². The van der Waals surface area contributed by atoms with E-state index >= 15 is 0 Å². The van der Waals surface area contributed by atoms with Gasteiger partial charge in [0.15, 0.2) is 0 Å². The Labute approximate surface area is 159 Å². The van der Waals surface area contributed by atoms with Crippen LogP contribution in [-0.4, -0.2) is 36.1 Å². The van der Waals surface area contributed by atoms with Gasteiger partial charge in [0.2, 0.25) is 5.91 Å². The Kier molecular flexibility index (Phi) is 4.91. The van der Waals surface area contributed by atoms with E-state index in [1.165, 1.54) is 6.42 Å². The molecule has 1 amide bonds. The lowest BCUT2D eigenvalue weighted by atomic mass is 9.67. The van der Waals surface area contributed by atoms with Gasteiger partial charge in [-0.25, -0.2) is 0 Å². The topological polar surface area (TPSA) is 72.4 Å². The van der Waals surface area contributed by atoms with Gasteiger partial charge in [-0.3, -0.25) is 9.59 Å². The summed E-state index contributed by atoms with van der Waals surface area (Å²) in [6.07, 6.45) is 6.33. The van der Waals surface area contributed by atoms with Crippen LogP contribution in [0.3, 0.4) is 0 Å². The number of nitrogens with one attached hydrogen (secondary N) is 2. The fraction of sp³-hybridized carbons (Fsp3) is 0.524. The number of hydrogen-bond donors (Lipinski definition) is 2. The van der Waals surface area contributed by atoms with E-state index in [0.717, 1.165) is 48.9 Å². The van der Waals surface area contributed by atoms with Gasteiger partial charge in [-0.1, -0.05) is 12.8 Å². The van der Waals surface area contributed by atoms with Crippen LogP contribution in [0.15, 0.2) is 30.5 Å². The van der Waals surface area contributed by atoms with Crippen molar-refractivity contribution in [3.05, 3.63) is 30.5 Å². The summed E-state index contributed by atoms with van der Waals surface area (Å²) in [5, 5.41) is 7.58. The summed E-state index contributed by atoms with van der Waals surface area (Å²) in [6, 6.07) is 7.81. The molecular formula is C21H27N3O3. The number of hydrogen-bond acceptors (Lipinski definition) is 4. The summed E-state index contributed by atoms with van der Waals surface area (Å²) in [6.45, 7) is 4.10. The van der Waals surface area contributed by atoms with Gasteiger partial charge in [-0.15, -0.1) is 0 Å². The van der Waals surface area contributed by atoms with E-state index in [2.05, 4.69) is 10.6 Å². The minimum Gasteiger partial charge on any atom is -0.465 e. The van der Waals surface area contributed by atoms with Crippen LogP contribution >= 0.6 is 0 Å². The van der Waals surface area contributed by atoms with E-state index in [0.29, 0.717) is 12.5 Å². The molecule has 2 atom stereocenters. The second-order valence-electron chi connectivity index (χ2n) is 7.71. The van der Waals surface area contributed by atoms with Crippen LogP contribution in [0.5, 0.6) is 0 Å². The summed E-state index contributed by atoms with van der Waals surface area (Å²) < 4.78 is 6.90. The van der Waals surface area contributed by atoms with Gasteiger partial charge in [0.05, 0.1) is 12.0 Å². The van der Waals surface area contributed by atoms with Gasteiger partial charge in [-0.2, -0.15) is 0 Å². The molecule has 0 bridgehead atoms. The second-order valence-corrected chi connectivity index (χ2v) is 7.71. The molecule has 27 heavy (non-hydrogen) atoms. The van der Waals surface area contributed by atoms with Gasteiger partial charge in [0, 0.05) is 29.3 Å². The second kappa shape index (κ2) is 7.35. The number of ether oxygens (including phenoxy) is 1. The highest BCUT2D eigenvalue weighted by Crippen LogP contribution is 2.44. The van der Waals surface area contributed by atoms with Crippen LogP contribution < -0.4 is 10.6 Å². The molecule has 0 spiro atoms. The number of amides is 1. The van der Waals surface area contributed by atoms with Crippen LogP contribution in [0.2, 0.25) is 0 Å². The maximum atomic E-state index is 13.1. The number of nitrogens with zero attached hydrogens (tertiary/aromatic N) is 1. The number of rotatable bonds is 5. The Morgan fingerprint density at radius 2 is 2.22 bits per heavy atom. The number of fused-ring (bicyclic) bond motifs is 2. The normalized spacial score (nSPS) is 24.6. The fourth-order valence-corrected chi connectivity index (χ4v) is 4.71. The predicted molar refractivity (Wildman–Crippen MR) is 104 cm³/mol. The lowest BCUT2D eigenvalue weighted by Gasteiger charge is -2.37. The third-order valence-electron chi connectivity index (χ3n) is 6.12. The van der Waals surface area contributed by atoms with E-state index in [4.69, 9.17) is 4.74 Å². The largest absolute Gasteiger partial charge is 0.465 e. The molecule has 2 N–H and O–H groups in total. The predicted octanol–water partition coefficient (Wildman–Crippen LogP) is 2.92. The van der Waals surface area contributed by atoms with Gasteiger partial charge in [-0.05, 0) is 56.5 Å². The molecule has 1 saturated carbocycles. The van der Waals surface area contributed by atoms with Crippen molar-refractivity contribution in [1.29, 1.82) is 0 Å². The van der Waals surface area contributed by atoms with Crippen molar-refractivity contribution in [1.82, 2.24) is 9.88 Å². The minimum absolute atomic E-state index is 0.141. The third kappa shape index (κ3) is 3.34. The van der Waals surface area contributed by atoms with Crippen molar-refractivity contribution < 1.29 is 14.3 Å². The zero-order valence-corrected chi connectivity index (χ0v) is 15.8. The third-order valence-corrected chi connectivity index (χ3v) is 6.12. The molecule has 2 aliphatic rings. The highest BCUT2D eigenvalue weighted by Gasteiger charge is 2.49. The first-order chi connectivity index (χ1) is 13.1. The highest BCUT2D eigenvalue weighted by molar-refractivity contribution is 5.98. The Morgan fingerprint density at radius 3 is 3.07 bits per heavy atom. The monoisotopic (exact) mass is 369 g/mol. The van der Waals surface area contributed by atoms with Gasteiger partial charge in [0.25, 0.3) is 0 Å². The van der Waals surface area contributed by atoms with Crippen molar-refractivity contribution in [3.8, 4) is 0 Å². The average molecular weight is 369 g/mol. The summed E-state index contributed by atoms with van der Waals surface area (Å²) in [5.41, 5.74) is 1.51.